The third kappa shape index (κ3) is 23.3. The normalized spacial score (nSPS) is 12.9. The summed E-state index contributed by atoms with van der Waals surface area (Å²) in [6, 6.07) is -0.994. The number of carboxylic acids is 2. The highest BCUT2D eigenvalue weighted by atomic mass is 16.4. The Morgan fingerprint density at radius 2 is 0.970 bits per heavy atom. The Kier molecular flexibility index (Phi) is 21.0. The Hall–Kier alpha value is -1.67. The molecule has 1 amide bonds. The Bertz CT molecular complexity index is 513. The molecule has 0 bridgehead atoms. The van der Waals surface area contributed by atoms with E-state index in [1.807, 2.05) is 0 Å². The second-order valence-electron chi connectivity index (χ2n) is 9.15. The fourth-order valence-corrected chi connectivity index (χ4v) is 3.90. The van der Waals surface area contributed by atoms with E-state index in [2.05, 4.69) is 5.32 Å². The first kappa shape index (κ1) is 31.3. The Morgan fingerprint density at radius 3 is 1.30 bits per heavy atom. The van der Waals surface area contributed by atoms with E-state index >= 15 is 0 Å². The summed E-state index contributed by atoms with van der Waals surface area (Å²) < 4.78 is 0. The predicted octanol–water partition coefficient (Wildman–Crippen LogP) is 4.72. The summed E-state index contributed by atoms with van der Waals surface area (Å²) in [5, 5.41) is 29.3. The van der Waals surface area contributed by atoms with Crippen LogP contribution in [0.15, 0.2) is 0 Å². The number of aliphatic carboxylic acids is 2. The first-order valence-electron chi connectivity index (χ1n) is 13.0. The molecule has 0 aliphatic rings. The molecule has 0 saturated carbocycles. The second-order valence-corrected chi connectivity index (χ2v) is 9.15. The first-order valence-corrected chi connectivity index (χ1v) is 13.0. The minimum atomic E-state index is -1.10. The van der Waals surface area contributed by atoms with Crippen molar-refractivity contribution in [2.24, 2.45) is 5.73 Å². The van der Waals surface area contributed by atoms with Crippen LogP contribution >= 0.6 is 0 Å². The van der Waals surface area contributed by atoms with Crippen molar-refractivity contribution in [3.8, 4) is 0 Å². The number of unbranched alkanes of at least 4 members (excludes halogenated alkanes) is 15. The van der Waals surface area contributed by atoms with Gasteiger partial charge >= 0.3 is 11.9 Å². The van der Waals surface area contributed by atoms with Gasteiger partial charge in [0.15, 0.2) is 0 Å². The number of nitrogens with two attached hydrogens (primary N) is 1. The number of nitrogens with one attached hydrogen (secondary N) is 1. The highest BCUT2D eigenvalue weighted by molar-refractivity contribution is 5.83. The summed E-state index contributed by atoms with van der Waals surface area (Å²) in [4.78, 5) is 33.5. The largest absolute Gasteiger partial charge is 0.481 e. The molecule has 6 N–H and O–H groups in total. The zero-order chi connectivity index (χ0) is 24.7. The van der Waals surface area contributed by atoms with E-state index in [-0.39, 0.29) is 18.7 Å². The van der Waals surface area contributed by atoms with Crippen molar-refractivity contribution in [2.45, 2.75) is 141 Å². The summed E-state index contributed by atoms with van der Waals surface area (Å²) in [5.74, 6) is -2.05. The number of aliphatic hydroxyl groups is 1. The third-order valence-electron chi connectivity index (χ3n) is 5.93. The van der Waals surface area contributed by atoms with Gasteiger partial charge in [-0.1, -0.05) is 89.9 Å². The summed E-state index contributed by atoms with van der Waals surface area (Å²) in [5.41, 5.74) is 5.22. The number of carbonyl (C=O) groups excluding carboxylic acids is 1. The lowest BCUT2D eigenvalue weighted by atomic mass is 10.0. The molecule has 0 rings (SSSR count). The standard InChI is InChI=1S/C25H48N2O6/c26-22(28)20-19-21(25(32)33)27-23(29)17-15-13-11-9-7-5-3-1-2-4-6-8-10-12-14-16-18-24(30)31/h21-22,28H,1-20,26H2,(H,27,29)(H,30,31)(H,32,33). The van der Waals surface area contributed by atoms with Gasteiger partial charge < -0.3 is 26.4 Å². The number of carbonyl (C=O) groups is 3. The van der Waals surface area contributed by atoms with Crippen LogP contribution < -0.4 is 11.1 Å². The number of aliphatic hydroxyl groups excluding tert-OH is 1. The number of hydrogen-bond acceptors (Lipinski definition) is 5. The van der Waals surface area contributed by atoms with E-state index in [4.69, 9.17) is 21.1 Å². The van der Waals surface area contributed by atoms with Gasteiger partial charge in [-0.25, -0.2) is 4.79 Å². The number of amides is 1. The molecule has 8 heteroatoms. The molecule has 2 atom stereocenters. The van der Waals surface area contributed by atoms with Gasteiger partial charge in [0.1, 0.15) is 12.3 Å². The molecule has 2 unspecified atom stereocenters. The van der Waals surface area contributed by atoms with Gasteiger partial charge in [0.25, 0.3) is 0 Å². The zero-order valence-corrected chi connectivity index (χ0v) is 20.4. The van der Waals surface area contributed by atoms with Crippen LogP contribution in [0, 0.1) is 0 Å². The molecular formula is C25H48N2O6. The smallest absolute Gasteiger partial charge is 0.326 e. The Labute approximate surface area is 199 Å². The molecule has 33 heavy (non-hydrogen) atoms. The molecule has 0 fully saturated rings. The van der Waals surface area contributed by atoms with Crippen molar-refractivity contribution in [1.82, 2.24) is 5.32 Å². The Morgan fingerprint density at radius 1 is 0.606 bits per heavy atom. The van der Waals surface area contributed by atoms with E-state index in [1.54, 1.807) is 0 Å². The molecule has 0 radical (unpaired) electrons. The van der Waals surface area contributed by atoms with Crippen molar-refractivity contribution in [3.05, 3.63) is 0 Å². The van der Waals surface area contributed by atoms with Gasteiger partial charge in [0.05, 0.1) is 0 Å². The minimum Gasteiger partial charge on any atom is -0.481 e. The first-order chi connectivity index (χ1) is 15.8. The maximum atomic E-state index is 11.9. The van der Waals surface area contributed by atoms with E-state index in [0.717, 1.165) is 38.5 Å². The Balaban J connectivity index is 3.38. The molecule has 8 nitrogen and oxygen atoms in total. The average Bonchev–Trinajstić information content (AvgIpc) is 2.75. The van der Waals surface area contributed by atoms with Crippen LogP contribution in [0.2, 0.25) is 0 Å². The van der Waals surface area contributed by atoms with Gasteiger partial charge in [-0.2, -0.15) is 0 Å². The molecule has 0 saturated heterocycles. The zero-order valence-electron chi connectivity index (χ0n) is 20.4. The van der Waals surface area contributed by atoms with E-state index in [1.165, 1.54) is 64.2 Å². The fraction of sp³-hybridized carbons (Fsp3) is 0.880. The molecular weight excluding hydrogens is 424 g/mol. The summed E-state index contributed by atoms with van der Waals surface area (Å²) >= 11 is 0. The van der Waals surface area contributed by atoms with Crippen LogP contribution in [0.1, 0.15) is 128 Å². The number of rotatable bonds is 24. The average molecular weight is 473 g/mol. The lowest BCUT2D eigenvalue weighted by Gasteiger charge is -2.15. The van der Waals surface area contributed by atoms with Crippen LogP contribution in [0.5, 0.6) is 0 Å². The number of carboxylic acid groups (broad SMARTS) is 2. The van der Waals surface area contributed by atoms with Gasteiger partial charge in [0, 0.05) is 12.8 Å². The van der Waals surface area contributed by atoms with Gasteiger partial charge in [0.2, 0.25) is 5.91 Å². The SMILES string of the molecule is NC(O)CCC(NC(=O)CCCCCCCCCCCCCCCCCCC(=O)O)C(=O)O. The third-order valence-corrected chi connectivity index (χ3v) is 5.93. The van der Waals surface area contributed by atoms with Gasteiger partial charge in [-0.05, 0) is 25.7 Å². The topological polar surface area (TPSA) is 150 Å². The van der Waals surface area contributed by atoms with Crippen LogP contribution in [0.25, 0.3) is 0 Å². The van der Waals surface area contributed by atoms with Crippen LogP contribution in [-0.4, -0.2) is 45.4 Å². The molecule has 0 aliphatic carbocycles. The molecule has 0 aromatic rings. The molecule has 0 aromatic heterocycles. The summed E-state index contributed by atoms with van der Waals surface area (Å²) in [6.07, 6.45) is 18.3. The molecule has 0 aromatic carbocycles. The molecule has 0 heterocycles. The lowest BCUT2D eigenvalue weighted by Crippen LogP contribution is -2.41. The van der Waals surface area contributed by atoms with Gasteiger partial charge in [-0.15, -0.1) is 0 Å². The van der Waals surface area contributed by atoms with Crippen LogP contribution in [-0.2, 0) is 14.4 Å². The molecule has 0 aliphatic heterocycles. The maximum Gasteiger partial charge on any atom is 0.326 e. The van der Waals surface area contributed by atoms with Crippen molar-refractivity contribution < 1.29 is 29.7 Å². The summed E-state index contributed by atoms with van der Waals surface area (Å²) in [6.45, 7) is 0. The predicted molar refractivity (Wildman–Crippen MR) is 130 cm³/mol. The highest BCUT2D eigenvalue weighted by Crippen LogP contribution is 2.14. The second kappa shape index (κ2) is 22.1. The monoisotopic (exact) mass is 472 g/mol. The molecule has 194 valence electrons. The lowest BCUT2D eigenvalue weighted by molar-refractivity contribution is -0.142. The van der Waals surface area contributed by atoms with E-state index in [0.29, 0.717) is 12.8 Å². The van der Waals surface area contributed by atoms with Crippen LogP contribution in [0.4, 0.5) is 0 Å². The van der Waals surface area contributed by atoms with Crippen LogP contribution in [0.3, 0.4) is 0 Å². The van der Waals surface area contributed by atoms with Crippen molar-refractivity contribution in [3.63, 3.8) is 0 Å². The quantitative estimate of drug-likeness (QED) is 0.101. The number of hydrogen-bond donors (Lipinski definition) is 5. The fourth-order valence-electron chi connectivity index (χ4n) is 3.90. The maximum absolute atomic E-state index is 11.9. The molecule has 0 spiro atoms. The van der Waals surface area contributed by atoms with Crippen molar-refractivity contribution >= 4 is 17.8 Å². The van der Waals surface area contributed by atoms with Crippen molar-refractivity contribution in [1.29, 1.82) is 0 Å². The highest BCUT2D eigenvalue weighted by Gasteiger charge is 2.20. The van der Waals surface area contributed by atoms with E-state index in [9.17, 15) is 14.4 Å². The van der Waals surface area contributed by atoms with E-state index < -0.39 is 24.2 Å². The summed E-state index contributed by atoms with van der Waals surface area (Å²) in [7, 11) is 0. The van der Waals surface area contributed by atoms with Crippen molar-refractivity contribution in [2.75, 3.05) is 0 Å². The minimum absolute atomic E-state index is 0.120. The van der Waals surface area contributed by atoms with Gasteiger partial charge in [-0.3, -0.25) is 9.59 Å².